The smallest absolute Gasteiger partial charge is 0.252 e. The molecule has 10 nitrogen and oxygen atoms in total. The second-order valence-corrected chi connectivity index (χ2v) is 10.2. The lowest BCUT2D eigenvalue weighted by Crippen LogP contribution is -2.41. The zero-order valence-corrected chi connectivity index (χ0v) is 20.8. The maximum Gasteiger partial charge on any atom is 0.252 e. The largest absolute Gasteiger partial charge is 0.454 e. The molecule has 10 heteroatoms. The lowest BCUT2D eigenvalue weighted by atomic mass is 9.92. The topological polar surface area (TPSA) is 107 Å². The van der Waals surface area contributed by atoms with Gasteiger partial charge in [-0.15, -0.1) is 5.10 Å². The van der Waals surface area contributed by atoms with Crippen molar-refractivity contribution in [2.24, 2.45) is 0 Å². The van der Waals surface area contributed by atoms with Crippen molar-refractivity contribution in [1.29, 1.82) is 0 Å². The van der Waals surface area contributed by atoms with Gasteiger partial charge in [-0.05, 0) is 54.7 Å². The molecule has 2 aliphatic heterocycles. The molecule has 2 fully saturated rings. The average molecular weight is 495 g/mol. The summed E-state index contributed by atoms with van der Waals surface area (Å²) in [6, 6.07) is 6.17. The van der Waals surface area contributed by atoms with Crippen LogP contribution in [0.4, 0.5) is 0 Å². The highest BCUT2D eigenvalue weighted by molar-refractivity contribution is 5.83. The number of hydrogen-bond donors (Lipinski definition) is 1. The Kier molecular flexibility index (Phi) is 6.62. The van der Waals surface area contributed by atoms with E-state index in [-0.39, 0.29) is 24.5 Å². The summed E-state index contributed by atoms with van der Waals surface area (Å²) in [5, 5.41) is 13.8. The van der Waals surface area contributed by atoms with Gasteiger partial charge in [-0.1, -0.05) is 26.2 Å². The highest BCUT2D eigenvalue weighted by atomic mass is 16.7. The van der Waals surface area contributed by atoms with Crippen molar-refractivity contribution < 1.29 is 14.2 Å². The summed E-state index contributed by atoms with van der Waals surface area (Å²) < 4.78 is 18.8. The Bertz CT molecular complexity index is 1260. The van der Waals surface area contributed by atoms with Gasteiger partial charge in [-0.3, -0.25) is 9.69 Å². The van der Waals surface area contributed by atoms with Gasteiger partial charge in [0.2, 0.25) is 6.79 Å². The normalized spacial score (nSPS) is 21.0. The zero-order chi connectivity index (χ0) is 24.5. The van der Waals surface area contributed by atoms with Crippen LogP contribution in [0.3, 0.4) is 0 Å². The van der Waals surface area contributed by atoms with Gasteiger partial charge in [0, 0.05) is 36.2 Å². The molecular formula is C26H34N6O4. The summed E-state index contributed by atoms with van der Waals surface area (Å²) in [7, 11) is 0. The molecule has 0 unspecified atom stereocenters. The first-order chi connectivity index (χ1) is 17.7. The van der Waals surface area contributed by atoms with E-state index in [1.54, 1.807) is 0 Å². The van der Waals surface area contributed by atoms with Crippen LogP contribution in [-0.2, 0) is 17.8 Å². The second-order valence-electron chi connectivity index (χ2n) is 10.2. The molecule has 1 N–H and O–H groups in total. The maximum absolute atomic E-state index is 13.2. The summed E-state index contributed by atoms with van der Waals surface area (Å²) >= 11 is 0. The van der Waals surface area contributed by atoms with E-state index in [1.165, 1.54) is 19.3 Å². The van der Waals surface area contributed by atoms with Crippen LogP contribution < -0.4 is 15.0 Å². The van der Waals surface area contributed by atoms with Gasteiger partial charge >= 0.3 is 0 Å². The van der Waals surface area contributed by atoms with Gasteiger partial charge in [-0.25, -0.2) is 4.68 Å². The molecule has 36 heavy (non-hydrogen) atoms. The number of rotatable bonds is 8. The van der Waals surface area contributed by atoms with E-state index in [2.05, 4.69) is 32.3 Å². The summed E-state index contributed by atoms with van der Waals surface area (Å²) in [4.78, 5) is 18.8. The second kappa shape index (κ2) is 10.2. The standard InChI is InChI=1S/C26H34N6O4/c1-2-22(25-28-29-30-32(25)15-20-9-6-10-34-20)31(19-7-4-3-5-8-19)14-18-11-17-12-23-24(36-16-35-23)13-21(17)27-26(18)33/h11-13,19-20,22H,2-10,14-16H2,1H3,(H,27,33)/t20-,22+/m0/s1. The molecule has 1 aromatic carbocycles. The van der Waals surface area contributed by atoms with Crippen LogP contribution in [0.25, 0.3) is 10.9 Å². The van der Waals surface area contributed by atoms with Gasteiger partial charge in [0.15, 0.2) is 17.3 Å². The van der Waals surface area contributed by atoms with Crippen LogP contribution in [0.1, 0.15) is 75.7 Å². The first-order valence-electron chi connectivity index (χ1n) is 13.3. The molecule has 1 aliphatic carbocycles. The lowest BCUT2D eigenvalue weighted by Gasteiger charge is -2.39. The highest BCUT2D eigenvalue weighted by Crippen LogP contribution is 2.36. The Labute approximate surface area is 209 Å². The molecular weight excluding hydrogens is 460 g/mol. The molecule has 192 valence electrons. The van der Waals surface area contributed by atoms with E-state index in [9.17, 15) is 4.79 Å². The van der Waals surface area contributed by atoms with Crippen molar-refractivity contribution in [1.82, 2.24) is 30.1 Å². The molecule has 1 saturated heterocycles. The van der Waals surface area contributed by atoms with Crippen LogP contribution in [0.5, 0.6) is 11.5 Å². The van der Waals surface area contributed by atoms with Crippen molar-refractivity contribution in [3.05, 3.63) is 39.9 Å². The van der Waals surface area contributed by atoms with Gasteiger partial charge in [0.25, 0.3) is 5.56 Å². The quantitative estimate of drug-likeness (QED) is 0.505. The fraction of sp³-hybridized carbons (Fsp3) is 0.615. The maximum atomic E-state index is 13.2. The molecule has 2 atom stereocenters. The zero-order valence-electron chi connectivity index (χ0n) is 20.8. The molecule has 4 heterocycles. The van der Waals surface area contributed by atoms with Crippen LogP contribution in [0, 0.1) is 0 Å². The molecule has 2 aromatic heterocycles. The third-order valence-corrected chi connectivity index (χ3v) is 7.86. The molecule has 0 amide bonds. The minimum atomic E-state index is -0.0732. The summed E-state index contributed by atoms with van der Waals surface area (Å²) in [5.41, 5.74) is 1.42. The number of pyridine rings is 1. The SMILES string of the molecule is CC[C@H](c1nnnn1C[C@@H]1CCCO1)N(Cc1cc2cc3c(cc2[nH]c1=O)OCO3)C1CCCCC1. The number of hydrogen-bond acceptors (Lipinski definition) is 8. The minimum Gasteiger partial charge on any atom is -0.454 e. The molecule has 0 radical (unpaired) electrons. The fourth-order valence-corrected chi connectivity index (χ4v) is 5.99. The van der Waals surface area contributed by atoms with Gasteiger partial charge in [-0.2, -0.15) is 0 Å². The third-order valence-electron chi connectivity index (χ3n) is 7.86. The predicted molar refractivity (Wildman–Crippen MR) is 133 cm³/mol. The Balaban J connectivity index is 1.34. The van der Waals surface area contributed by atoms with E-state index in [4.69, 9.17) is 14.2 Å². The first kappa shape index (κ1) is 23.4. The fourth-order valence-electron chi connectivity index (χ4n) is 5.99. The van der Waals surface area contributed by atoms with Crippen LogP contribution >= 0.6 is 0 Å². The summed E-state index contributed by atoms with van der Waals surface area (Å²) in [6.45, 7) is 4.39. The van der Waals surface area contributed by atoms with Crippen molar-refractivity contribution in [3.63, 3.8) is 0 Å². The first-order valence-corrected chi connectivity index (χ1v) is 13.3. The predicted octanol–water partition coefficient (Wildman–Crippen LogP) is 3.71. The summed E-state index contributed by atoms with van der Waals surface area (Å²) in [5.74, 6) is 2.24. The number of tetrazole rings is 1. The molecule has 3 aromatic rings. The van der Waals surface area contributed by atoms with Gasteiger partial charge < -0.3 is 19.2 Å². The number of nitrogens with zero attached hydrogens (tertiary/aromatic N) is 5. The van der Waals surface area contributed by atoms with Gasteiger partial charge in [0.1, 0.15) is 0 Å². The number of aromatic amines is 1. The van der Waals surface area contributed by atoms with Gasteiger partial charge in [0.05, 0.1) is 24.2 Å². The number of ether oxygens (including phenoxy) is 3. The number of benzene rings is 1. The van der Waals surface area contributed by atoms with Crippen LogP contribution in [0.15, 0.2) is 23.0 Å². The average Bonchev–Trinajstić information content (AvgIpc) is 3.67. The van der Waals surface area contributed by atoms with E-state index >= 15 is 0 Å². The Morgan fingerprint density at radius 3 is 2.72 bits per heavy atom. The Morgan fingerprint density at radius 1 is 1.11 bits per heavy atom. The highest BCUT2D eigenvalue weighted by Gasteiger charge is 2.33. The lowest BCUT2D eigenvalue weighted by molar-refractivity contribution is 0.0734. The number of fused-ring (bicyclic) bond motifs is 2. The van der Waals surface area contributed by atoms with Crippen molar-refractivity contribution in [2.75, 3.05) is 13.4 Å². The molecule has 0 bridgehead atoms. The van der Waals surface area contributed by atoms with Crippen molar-refractivity contribution >= 4 is 10.9 Å². The monoisotopic (exact) mass is 494 g/mol. The van der Waals surface area contributed by atoms with E-state index in [1.807, 2.05) is 22.9 Å². The minimum absolute atomic E-state index is 0.0105. The van der Waals surface area contributed by atoms with Crippen molar-refractivity contribution in [2.45, 2.75) is 89.6 Å². The number of nitrogens with one attached hydrogen (secondary N) is 1. The van der Waals surface area contributed by atoms with Crippen LogP contribution in [0.2, 0.25) is 0 Å². The van der Waals surface area contributed by atoms with Crippen molar-refractivity contribution in [3.8, 4) is 11.5 Å². The Hall–Kier alpha value is -2.98. The van der Waals surface area contributed by atoms with Crippen LogP contribution in [-0.4, -0.2) is 55.6 Å². The molecule has 6 rings (SSSR count). The molecule has 1 saturated carbocycles. The van der Waals surface area contributed by atoms with E-state index in [0.717, 1.165) is 61.0 Å². The van der Waals surface area contributed by atoms with E-state index < -0.39 is 0 Å². The van der Waals surface area contributed by atoms with E-state index in [0.29, 0.717) is 30.6 Å². The Morgan fingerprint density at radius 2 is 1.94 bits per heavy atom. The molecule has 0 spiro atoms. The number of aromatic nitrogens is 5. The third kappa shape index (κ3) is 4.59. The molecule has 3 aliphatic rings. The number of H-pyrrole nitrogens is 1. The summed E-state index contributed by atoms with van der Waals surface area (Å²) in [6.07, 6.45) is 9.04.